The van der Waals surface area contributed by atoms with E-state index in [0.29, 0.717) is 31.4 Å². The van der Waals surface area contributed by atoms with Crippen LogP contribution in [0.1, 0.15) is 5.56 Å². The largest absolute Gasteiger partial charge is 0.465 e. The van der Waals surface area contributed by atoms with Gasteiger partial charge in [0, 0.05) is 18.1 Å². The van der Waals surface area contributed by atoms with Gasteiger partial charge < -0.3 is 9.47 Å². The van der Waals surface area contributed by atoms with Gasteiger partial charge in [0.1, 0.15) is 0 Å². The maximum Gasteiger partial charge on any atom is 0.310 e. The van der Waals surface area contributed by atoms with Gasteiger partial charge in [-0.15, -0.1) is 0 Å². The Morgan fingerprint density at radius 1 is 1.14 bits per heavy atom. The molecule has 0 atom stereocenters. The Kier molecular flexibility index (Phi) is 4.02. The second kappa shape index (κ2) is 6.11. The molecule has 1 aromatic rings. The highest BCUT2D eigenvalue weighted by Gasteiger charge is 2.25. The highest BCUT2D eigenvalue weighted by Crippen LogP contribution is 2.20. The first kappa shape index (κ1) is 14.5. The van der Waals surface area contributed by atoms with Gasteiger partial charge in [-0.3, -0.25) is 14.4 Å². The van der Waals surface area contributed by atoms with E-state index in [4.69, 9.17) is 9.47 Å². The van der Waals surface area contributed by atoms with Crippen LogP contribution in [0.3, 0.4) is 0 Å². The number of imide groups is 1. The van der Waals surface area contributed by atoms with Crippen LogP contribution in [0.15, 0.2) is 36.4 Å². The van der Waals surface area contributed by atoms with E-state index >= 15 is 0 Å². The normalized spacial score (nSPS) is 17.7. The Balaban J connectivity index is 1.56. The molecular weight excluding hydrogens is 286 g/mol. The van der Waals surface area contributed by atoms with Gasteiger partial charge in [0.2, 0.25) is 0 Å². The van der Waals surface area contributed by atoms with Gasteiger partial charge in [0.05, 0.1) is 31.9 Å². The number of nitrogens with zero attached hydrogens (tertiary/aromatic N) is 1. The number of hydrogen-bond donors (Lipinski definition) is 0. The Hall–Kier alpha value is -2.47. The maximum absolute atomic E-state index is 11.7. The average Bonchev–Trinajstić information content (AvgIpc) is 2.78. The van der Waals surface area contributed by atoms with E-state index in [1.807, 2.05) is 0 Å². The smallest absolute Gasteiger partial charge is 0.310 e. The molecule has 3 rings (SSSR count). The molecule has 1 fully saturated rings. The molecule has 6 heteroatoms. The monoisotopic (exact) mass is 301 g/mol. The van der Waals surface area contributed by atoms with Crippen molar-refractivity contribution in [2.24, 2.45) is 5.92 Å². The predicted molar refractivity (Wildman–Crippen MR) is 77.0 cm³/mol. The lowest BCUT2D eigenvalue weighted by Gasteiger charge is -2.25. The Morgan fingerprint density at radius 2 is 1.77 bits per heavy atom. The van der Waals surface area contributed by atoms with Crippen LogP contribution in [0, 0.1) is 5.92 Å². The molecule has 2 aliphatic heterocycles. The number of ether oxygens (including phenoxy) is 2. The Bertz CT molecular complexity index is 612. The average molecular weight is 301 g/mol. The summed E-state index contributed by atoms with van der Waals surface area (Å²) in [5.74, 6) is -0.708. The zero-order chi connectivity index (χ0) is 15.5. The molecule has 1 saturated heterocycles. The summed E-state index contributed by atoms with van der Waals surface area (Å²) in [5, 5.41) is 0. The van der Waals surface area contributed by atoms with Gasteiger partial charge in [0.25, 0.3) is 11.8 Å². The van der Waals surface area contributed by atoms with Gasteiger partial charge in [-0.1, -0.05) is 12.1 Å². The van der Waals surface area contributed by atoms with Crippen molar-refractivity contribution >= 4 is 23.5 Å². The third-order valence-electron chi connectivity index (χ3n) is 3.54. The third kappa shape index (κ3) is 3.07. The summed E-state index contributed by atoms with van der Waals surface area (Å²) < 4.78 is 10.2. The standard InChI is InChI=1S/C16H15NO5/c18-14-5-6-15(19)17(14)13-3-1-11(2-4-13)7-16(20)22-10-12-8-21-9-12/h1-6,12H,7-10H2. The second-order valence-electron chi connectivity index (χ2n) is 5.27. The minimum atomic E-state index is -0.361. The van der Waals surface area contributed by atoms with Crippen molar-refractivity contribution in [3.8, 4) is 0 Å². The summed E-state index contributed by atoms with van der Waals surface area (Å²) in [6.45, 7) is 1.68. The quantitative estimate of drug-likeness (QED) is 0.595. The van der Waals surface area contributed by atoms with Crippen LogP contribution < -0.4 is 4.90 Å². The van der Waals surface area contributed by atoms with Crippen molar-refractivity contribution in [1.82, 2.24) is 0 Å². The molecule has 0 radical (unpaired) electrons. The number of hydrogen-bond acceptors (Lipinski definition) is 5. The minimum Gasteiger partial charge on any atom is -0.465 e. The van der Waals surface area contributed by atoms with E-state index in [-0.39, 0.29) is 24.2 Å². The van der Waals surface area contributed by atoms with E-state index < -0.39 is 0 Å². The molecule has 6 nitrogen and oxygen atoms in total. The molecule has 0 spiro atoms. The van der Waals surface area contributed by atoms with Crippen molar-refractivity contribution in [3.05, 3.63) is 42.0 Å². The maximum atomic E-state index is 11.7. The lowest BCUT2D eigenvalue weighted by atomic mass is 10.1. The van der Waals surface area contributed by atoms with Gasteiger partial charge in [-0.2, -0.15) is 0 Å². The molecule has 0 saturated carbocycles. The lowest BCUT2D eigenvalue weighted by molar-refractivity contribution is -0.149. The number of amides is 2. The summed E-state index contributed by atoms with van der Waals surface area (Å²) in [6, 6.07) is 6.71. The number of esters is 1. The van der Waals surface area contributed by atoms with Gasteiger partial charge in [-0.25, -0.2) is 4.90 Å². The molecule has 0 aromatic heterocycles. The van der Waals surface area contributed by atoms with Gasteiger partial charge in [0.15, 0.2) is 0 Å². The summed E-state index contributed by atoms with van der Waals surface area (Å²) in [5.41, 5.74) is 1.26. The number of benzene rings is 1. The summed E-state index contributed by atoms with van der Waals surface area (Å²) in [4.78, 5) is 35.9. The Morgan fingerprint density at radius 3 is 2.32 bits per heavy atom. The first-order valence-corrected chi connectivity index (χ1v) is 7.02. The molecule has 0 unspecified atom stereocenters. The van der Waals surface area contributed by atoms with E-state index in [1.165, 1.54) is 12.2 Å². The van der Waals surface area contributed by atoms with Crippen molar-refractivity contribution in [2.75, 3.05) is 24.7 Å². The van der Waals surface area contributed by atoms with E-state index in [0.717, 1.165) is 10.5 Å². The topological polar surface area (TPSA) is 72.9 Å². The van der Waals surface area contributed by atoms with Crippen molar-refractivity contribution < 1.29 is 23.9 Å². The molecule has 0 aliphatic carbocycles. The van der Waals surface area contributed by atoms with Crippen molar-refractivity contribution in [1.29, 1.82) is 0 Å². The molecule has 2 heterocycles. The molecule has 1 aromatic carbocycles. The Labute approximate surface area is 127 Å². The molecule has 22 heavy (non-hydrogen) atoms. The SMILES string of the molecule is O=C(Cc1ccc(N2C(=O)C=CC2=O)cc1)OCC1COC1. The summed E-state index contributed by atoms with van der Waals surface area (Å²) >= 11 is 0. The first-order chi connectivity index (χ1) is 10.6. The van der Waals surface area contributed by atoms with Crippen LogP contribution in [0.2, 0.25) is 0 Å². The zero-order valence-corrected chi connectivity index (χ0v) is 11.9. The van der Waals surface area contributed by atoms with Crippen molar-refractivity contribution in [3.63, 3.8) is 0 Å². The van der Waals surface area contributed by atoms with Crippen LogP contribution in [-0.4, -0.2) is 37.6 Å². The fraction of sp³-hybridized carbons (Fsp3) is 0.312. The van der Waals surface area contributed by atoms with Gasteiger partial charge >= 0.3 is 5.97 Å². The van der Waals surface area contributed by atoms with Crippen molar-refractivity contribution in [2.45, 2.75) is 6.42 Å². The highest BCUT2D eigenvalue weighted by molar-refractivity contribution is 6.28. The van der Waals surface area contributed by atoms with Gasteiger partial charge in [-0.05, 0) is 17.7 Å². The van der Waals surface area contributed by atoms with Crippen LogP contribution in [0.25, 0.3) is 0 Å². The third-order valence-corrected chi connectivity index (χ3v) is 3.54. The van der Waals surface area contributed by atoms with Crippen LogP contribution >= 0.6 is 0 Å². The molecule has 0 bridgehead atoms. The number of anilines is 1. The van der Waals surface area contributed by atoms with E-state index in [2.05, 4.69) is 0 Å². The molecule has 114 valence electrons. The lowest BCUT2D eigenvalue weighted by Crippen LogP contribution is -2.32. The first-order valence-electron chi connectivity index (χ1n) is 7.02. The molecule has 2 amide bonds. The van der Waals surface area contributed by atoms with Crippen LogP contribution in [-0.2, 0) is 30.3 Å². The van der Waals surface area contributed by atoms with E-state index in [1.54, 1.807) is 24.3 Å². The van der Waals surface area contributed by atoms with Crippen LogP contribution in [0.4, 0.5) is 5.69 Å². The zero-order valence-electron chi connectivity index (χ0n) is 11.9. The predicted octanol–water partition coefficient (Wildman–Crippen LogP) is 0.848. The second-order valence-corrected chi connectivity index (χ2v) is 5.27. The minimum absolute atomic E-state index is 0.161. The number of carbonyl (C=O) groups excluding carboxylic acids is 3. The fourth-order valence-corrected chi connectivity index (χ4v) is 2.23. The molecule has 0 N–H and O–H groups in total. The van der Waals surface area contributed by atoms with E-state index in [9.17, 15) is 14.4 Å². The summed E-state index contributed by atoms with van der Waals surface area (Å²) in [6.07, 6.45) is 2.63. The number of carbonyl (C=O) groups is 3. The fourth-order valence-electron chi connectivity index (χ4n) is 2.23. The molecule has 2 aliphatic rings. The number of rotatable bonds is 5. The molecular formula is C16H15NO5. The summed E-state index contributed by atoms with van der Waals surface area (Å²) in [7, 11) is 0. The van der Waals surface area contributed by atoms with Crippen LogP contribution in [0.5, 0.6) is 0 Å². The highest BCUT2D eigenvalue weighted by atomic mass is 16.5.